The van der Waals surface area contributed by atoms with Crippen LogP contribution in [-0.4, -0.2) is 58.3 Å². The number of nitrogens with one attached hydrogen (secondary N) is 1. The van der Waals surface area contributed by atoms with Gasteiger partial charge in [-0.1, -0.05) is 19.3 Å². The maximum Gasteiger partial charge on any atom is 0.305 e. The van der Waals surface area contributed by atoms with Gasteiger partial charge in [-0.25, -0.2) is 0 Å². The Morgan fingerprint density at radius 2 is 2.05 bits per heavy atom. The Kier molecular flexibility index (Phi) is 4.42. The van der Waals surface area contributed by atoms with Crippen molar-refractivity contribution in [2.75, 3.05) is 19.6 Å². The van der Waals surface area contributed by atoms with E-state index in [4.69, 9.17) is 5.11 Å². The van der Waals surface area contributed by atoms with Crippen LogP contribution in [0.25, 0.3) is 0 Å². The van der Waals surface area contributed by atoms with Crippen molar-refractivity contribution >= 4 is 11.9 Å². The minimum Gasteiger partial charge on any atom is -0.481 e. The van der Waals surface area contributed by atoms with E-state index in [1.807, 2.05) is 4.90 Å². The maximum atomic E-state index is 11.8. The number of amides is 1. The highest BCUT2D eigenvalue weighted by Gasteiger charge is 2.38. The summed E-state index contributed by atoms with van der Waals surface area (Å²) in [4.78, 5) is 24.5. The normalized spacial score (nSPS) is 27.8. The van der Waals surface area contributed by atoms with Crippen LogP contribution in [0.15, 0.2) is 0 Å². The lowest BCUT2D eigenvalue weighted by atomic mass is 9.84. The summed E-state index contributed by atoms with van der Waals surface area (Å²) >= 11 is 0. The third kappa shape index (κ3) is 3.67. The number of β-amino-alcohol motifs (C(OH)–C–C–N with tert-alkyl or cyclic N) is 1. The molecule has 6 nitrogen and oxygen atoms in total. The lowest BCUT2D eigenvalue weighted by Gasteiger charge is -2.41. The van der Waals surface area contributed by atoms with Gasteiger partial charge in [0.1, 0.15) is 0 Å². The summed E-state index contributed by atoms with van der Waals surface area (Å²) in [6.07, 6.45) is 4.42. The molecule has 1 amide bonds. The summed E-state index contributed by atoms with van der Waals surface area (Å²) in [6.45, 7) is 1.52. The third-order valence-corrected chi connectivity index (χ3v) is 4.09. The molecule has 2 fully saturated rings. The number of hydrogen-bond donors (Lipinski definition) is 3. The zero-order valence-electron chi connectivity index (χ0n) is 11.1. The van der Waals surface area contributed by atoms with Crippen molar-refractivity contribution in [2.24, 2.45) is 0 Å². The molecule has 1 aliphatic carbocycles. The summed E-state index contributed by atoms with van der Waals surface area (Å²) in [7, 11) is 0. The van der Waals surface area contributed by atoms with Gasteiger partial charge in [-0.05, 0) is 12.8 Å². The quantitative estimate of drug-likeness (QED) is 0.667. The molecule has 0 aromatic heterocycles. The standard InChI is InChI=1S/C13H22N2O4/c16-11(17)8-10-12(18)14-6-7-15(10)9-13(19)4-2-1-3-5-13/h10,19H,1-9H2,(H,14,18)(H,16,17). The van der Waals surface area contributed by atoms with Crippen LogP contribution in [0.4, 0.5) is 0 Å². The SMILES string of the molecule is O=C(O)CC1C(=O)NCCN1CC1(O)CCCCC1. The first-order valence-corrected chi connectivity index (χ1v) is 6.96. The zero-order valence-corrected chi connectivity index (χ0v) is 11.1. The van der Waals surface area contributed by atoms with Gasteiger partial charge in [0, 0.05) is 19.6 Å². The second-order valence-corrected chi connectivity index (χ2v) is 5.66. The Morgan fingerprint density at radius 1 is 1.37 bits per heavy atom. The van der Waals surface area contributed by atoms with Gasteiger partial charge in [-0.2, -0.15) is 0 Å². The summed E-state index contributed by atoms with van der Waals surface area (Å²) in [5.41, 5.74) is -0.757. The van der Waals surface area contributed by atoms with Crippen molar-refractivity contribution in [2.45, 2.75) is 50.2 Å². The van der Waals surface area contributed by atoms with Gasteiger partial charge >= 0.3 is 5.97 Å². The molecular weight excluding hydrogens is 248 g/mol. The van der Waals surface area contributed by atoms with Gasteiger partial charge in [-0.3, -0.25) is 14.5 Å². The van der Waals surface area contributed by atoms with Gasteiger partial charge in [0.25, 0.3) is 0 Å². The Labute approximate surface area is 112 Å². The summed E-state index contributed by atoms with van der Waals surface area (Å²) in [6, 6.07) is -0.655. The van der Waals surface area contributed by atoms with E-state index >= 15 is 0 Å². The minimum absolute atomic E-state index is 0.206. The van der Waals surface area contributed by atoms with E-state index in [2.05, 4.69) is 5.32 Å². The number of carboxylic acids is 1. The Morgan fingerprint density at radius 3 is 2.68 bits per heavy atom. The van der Waals surface area contributed by atoms with E-state index in [-0.39, 0.29) is 12.3 Å². The number of rotatable bonds is 4. The lowest BCUT2D eigenvalue weighted by Crippen LogP contribution is -2.59. The second-order valence-electron chi connectivity index (χ2n) is 5.66. The van der Waals surface area contributed by atoms with Crippen LogP contribution in [0.3, 0.4) is 0 Å². The molecule has 0 bridgehead atoms. The van der Waals surface area contributed by atoms with Gasteiger partial charge in [0.2, 0.25) is 5.91 Å². The summed E-state index contributed by atoms with van der Waals surface area (Å²) < 4.78 is 0. The van der Waals surface area contributed by atoms with Crippen molar-refractivity contribution in [3.63, 3.8) is 0 Å². The van der Waals surface area contributed by atoms with Crippen molar-refractivity contribution in [1.82, 2.24) is 10.2 Å². The van der Waals surface area contributed by atoms with E-state index < -0.39 is 17.6 Å². The van der Waals surface area contributed by atoms with Crippen LogP contribution in [0, 0.1) is 0 Å². The third-order valence-electron chi connectivity index (χ3n) is 4.09. The van der Waals surface area contributed by atoms with E-state index in [1.165, 1.54) is 0 Å². The highest BCUT2D eigenvalue weighted by molar-refractivity contribution is 5.86. The first-order chi connectivity index (χ1) is 9.00. The molecule has 3 N–H and O–H groups in total. The molecule has 6 heteroatoms. The molecule has 108 valence electrons. The molecule has 1 atom stereocenters. The number of aliphatic hydroxyl groups is 1. The van der Waals surface area contributed by atoms with Gasteiger partial charge in [0.15, 0.2) is 0 Å². The summed E-state index contributed by atoms with van der Waals surface area (Å²) in [5.74, 6) is -1.23. The predicted molar refractivity (Wildman–Crippen MR) is 68.7 cm³/mol. The second kappa shape index (κ2) is 5.88. The van der Waals surface area contributed by atoms with Gasteiger partial charge < -0.3 is 15.5 Å². The Balaban J connectivity index is 2.02. The average molecular weight is 270 g/mol. The van der Waals surface area contributed by atoms with Crippen molar-refractivity contribution in [1.29, 1.82) is 0 Å². The van der Waals surface area contributed by atoms with E-state index in [9.17, 15) is 14.7 Å². The molecule has 1 saturated heterocycles. The average Bonchev–Trinajstić information content (AvgIpc) is 2.34. The predicted octanol–water partition coefficient (Wildman–Crippen LogP) is -0.0433. The number of hydrogen-bond acceptors (Lipinski definition) is 4. The molecule has 1 heterocycles. The zero-order chi connectivity index (χ0) is 13.9. The van der Waals surface area contributed by atoms with Crippen molar-refractivity contribution in [3.05, 3.63) is 0 Å². The Bertz CT molecular complexity index is 353. The minimum atomic E-state index is -0.984. The molecule has 0 aromatic carbocycles. The number of aliphatic carboxylic acids is 1. The smallest absolute Gasteiger partial charge is 0.305 e. The number of carboxylic acid groups (broad SMARTS) is 1. The van der Waals surface area contributed by atoms with Gasteiger partial charge in [-0.15, -0.1) is 0 Å². The molecule has 0 radical (unpaired) electrons. The van der Waals surface area contributed by atoms with Crippen LogP contribution < -0.4 is 5.32 Å². The molecule has 1 saturated carbocycles. The van der Waals surface area contributed by atoms with Crippen LogP contribution in [0.5, 0.6) is 0 Å². The maximum absolute atomic E-state index is 11.8. The van der Waals surface area contributed by atoms with E-state index in [0.29, 0.717) is 19.6 Å². The largest absolute Gasteiger partial charge is 0.481 e. The van der Waals surface area contributed by atoms with Crippen molar-refractivity contribution < 1.29 is 19.8 Å². The number of carbonyl (C=O) groups is 2. The molecule has 2 rings (SSSR count). The van der Waals surface area contributed by atoms with Crippen LogP contribution in [0.1, 0.15) is 38.5 Å². The van der Waals surface area contributed by atoms with Crippen molar-refractivity contribution in [3.8, 4) is 0 Å². The van der Waals surface area contributed by atoms with Crippen LogP contribution in [-0.2, 0) is 9.59 Å². The first kappa shape index (κ1) is 14.3. The first-order valence-electron chi connectivity index (χ1n) is 6.96. The van der Waals surface area contributed by atoms with Crippen LogP contribution >= 0.6 is 0 Å². The Hall–Kier alpha value is -1.14. The molecule has 2 aliphatic rings. The van der Waals surface area contributed by atoms with Gasteiger partial charge in [0.05, 0.1) is 18.1 Å². The van der Waals surface area contributed by atoms with E-state index in [1.54, 1.807) is 0 Å². The monoisotopic (exact) mass is 270 g/mol. The molecule has 0 spiro atoms. The lowest BCUT2D eigenvalue weighted by molar-refractivity contribution is -0.144. The molecule has 19 heavy (non-hydrogen) atoms. The molecular formula is C13H22N2O4. The molecule has 1 unspecified atom stereocenters. The topological polar surface area (TPSA) is 89.9 Å². The summed E-state index contributed by atoms with van der Waals surface area (Å²) in [5, 5.41) is 22.1. The fraction of sp³-hybridized carbons (Fsp3) is 0.846. The molecule has 1 aliphatic heterocycles. The van der Waals surface area contributed by atoms with Crippen LogP contribution in [0.2, 0.25) is 0 Å². The number of piperazine rings is 1. The highest BCUT2D eigenvalue weighted by Crippen LogP contribution is 2.29. The number of nitrogens with zero attached hydrogens (tertiary/aromatic N) is 1. The number of carbonyl (C=O) groups excluding carboxylic acids is 1. The molecule has 0 aromatic rings. The highest BCUT2D eigenvalue weighted by atomic mass is 16.4. The fourth-order valence-corrected chi connectivity index (χ4v) is 3.08. The fourth-order valence-electron chi connectivity index (χ4n) is 3.08. The van der Waals surface area contributed by atoms with E-state index in [0.717, 1.165) is 32.1 Å².